The highest BCUT2D eigenvalue weighted by Gasteiger charge is 2.10. The van der Waals surface area contributed by atoms with Crippen molar-refractivity contribution < 1.29 is 28.5 Å². The van der Waals surface area contributed by atoms with Crippen molar-refractivity contribution in [1.29, 1.82) is 0 Å². The number of nitrogen functional groups attached to an aromatic ring is 1. The van der Waals surface area contributed by atoms with Gasteiger partial charge < -0.3 is 30.0 Å². The SMILES string of the molecule is CCOC(=O)N=C=S.CCOC(=O)NC(=S)Nc1nc(Cl)ncc1OC.COc1cnc(Cl)nc1N. The number of amides is 2. The topological polar surface area (TPSA) is 185 Å². The zero-order chi connectivity index (χ0) is 27.5. The van der Waals surface area contributed by atoms with Gasteiger partial charge in [0.1, 0.15) is 0 Å². The summed E-state index contributed by atoms with van der Waals surface area (Å²) in [7, 11) is 2.93. The molecule has 0 unspecified atom stereocenters. The molecule has 2 aromatic heterocycles. The van der Waals surface area contributed by atoms with Gasteiger partial charge in [-0.05, 0) is 61.5 Å². The van der Waals surface area contributed by atoms with E-state index in [1.807, 2.05) is 5.16 Å². The first-order chi connectivity index (χ1) is 17.1. The molecule has 0 atom stereocenters. The van der Waals surface area contributed by atoms with Crippen LogP contribution < -0.4 is 25.8 Å². The third kappa shape index (κ3) is 14.1. The van der Waals surface area contributed by atoms with Crippen LogP contribution in [0.5, 0.6) is 11.5 Å². The molecule has 0 spiro atoms. The highest BCUT2D eigenvalue weighted by molar-refractivity contribution is 7.80. The summed E-state index contributed by atoms with van der Waals surface area (Å²) in [4.78, 5) is 39.2. The van der Waals surface area contributed by atoms with E-state index in [4.69, 9.17) is 50.6 Å². The molecule has 4 N–H and O–H groups in total. The van der Waals surface area contributed by atoms with E-state index < -0.39 is 12.2 Å². The molecule has 0 aliphatic carbocycles. The van der Waals surface area contributed by atoms with Crippen molar-refractivity contribution in [3.05, 3.63) is 23.0 Å². The van der Waals surface area contributed by atoms with Gasteiger partial charge in [0.2, 0.25) is 10.6 Å². The highest BCUT2D eigenvalue weighted by atomic mass is 35.5. The number of aliphatic imine (C=N–C) groups is 1. The van der Waals surface area contributed by atoms with Crippen LogP contribution in [0.2, 0.25) is 10.6 Å². The Hall–Kier alpha value is -3.43. The lowest BCUT2D eigenvalue weighted by Crippen LogP contribution is -2.34. The number of aromatic nitrogens is 4. The largest absolute Gasteiger partial charge is 0.491 e. The first kappa shape index (κ1) is 32.6. The van der Waals surface area contributed by atoms with Crippen molar-refractivity contribution in [1.82, 2.24) is 25.3 Å². The normalized spacial score (nSPS) is 8.94. The van der Waals surface area contributed by atoms with Crippen molar-refractivity contribution in [3.8, 4) is 11.5 Å². The third-order valence-electron chi connectivity index (χ3n) is 3.05. The van der Waals surface area contributed by atoms with E-state index in [9.17, 15) is 9.59 Å². The Balaban J connectivity index is 0.000000572. The standard InChI is InChI=1S/C9H11ClN4O3S.C5H6ClN3O.C4H5NO2S/c1-3-17-9(15)14-8(18)13-6-5(16-2)4-11-7(10)12-6;1-10-3-2-8-5(6)9-4(3)7;1-2-7-4(6)5-3-8/h4H,3H2,1-2H3,(H2,11,12,13,14,15,18);2H,1H3,(H2,7,8,9);2H2,1H3. The Kier molecular flexibility index (Phi) is 17.0. The Morgan fingerprint density at radius 2 is 1.61 bits per heavy atom. The van der Waals surface area contributed by atoms with Crippen LogP contribution in [0.3, 0.4) is 0 Å². The van der Waals surface area contributed by atoms with Gasteiger partial charge in [0.25, 0.3) is 0 Å². The van der Waals surface area contributed by atoms with E-state index in [0.717, 1.165) is 0 Å². The monoisotopic (exact) mass is 580 g/mol. The van der Waals surface area contributed by atoms with Crippen LogP contribution in [-0.4, -0.2) is 69.8 Å². The summed E-state index contributed by atoms with van der Waals surface area (Å²) in [6.45, 7) is 3.94. The molecule has 0 saturated carbocycles. The van der Waals surface area contributed by atoms with Gasteiger partial charge in [-0.3, -0.25) is 5.32 Å². The molecule has 2 rings (SSSR count). The lowest BCUT2D eigenvalue weighted by Gasteiger charge is -2.11. The number of nitrogens with two attached hydrogens (primary N) is 1. The zero-order valence-corrected chi connectivity index (χ0v) is 22.5. The molecule has 2 aromatic rings. The maximum Gasteiger partial charge on any atom is 0.442 e. The number of hydrogen-bond acceptors (Lipinski definition) is 13. The second-order valence-corrected chi connectivity index (χ2v) is 6.62. The average Bonchev–Trinajstić information content (AvgIpc) is 2.80. The Morgan fingerprint density at radius 1 is 1.06 bits per heavy atom. The fourth-order valence-electron chi connectivity index (χ4n) is 1.70. The molecule has 2 heterocycles. The molecule has 14 nitrogen and oxygen atoms in total. The molecular weight excluding hydrogens is 559 g/mol. The average molecular weight is 581 g/mol. The van der Waals surface area contributed by atoms with E-state index >= 15 is 0 Å². The maximum absolute atomic E-state index is 11.1. The van der Waals surface area contributed by atoms with Crippen LogP contribution in [0, 0.1) is 0 Å². The second kappa shape index (κ2) is 18.8. The summed E-state index contributed by atoms with van der Waals surface area (Å²) >= 11 is 20.1. The fraction of sp³-hybridized carbons (Fsp3) is 0.333. The van der Waals surface area contributed by atoms with Crippen LogP contribution in [0.1, 0.15) is 13.8 Å². The van der Waals surface area contributed by atoms with Crippen LogP contribution in [0.25, 0.3) is 0 Å². The van der Waals surface area contributed by atoms with E-state index in [2.05, 4.69) is 57.3 Å². The van der Waals surface area contributed by atoms with Gasteiger partial charge in [-0.2, -0.15) is 9.97 Å². The number of anilines is 2. The number of alkyl carbamates (subject to hydrolysis) is 1. The summed E-state index contributed by atoms with van der Waals surface area (Å²) in [5, 5.41) is 7.00. The number of halogens is 2. The third-order valence-corrected chi connectivity index (χ3v) is 3.71. The predicted molar refractivity (Wildman–Crippen MR) is 140 cm³/mol. The molecule has 0 fully saturated rings. The van der Waals surface area contributed by atoms with Crippen LogP contribution in [0.15, 0.2) is 17.4 Å². The van der Waals surface area contributed by atoms with Gasteiger partial charge in [0.15, 0.2) is 28.2 Å². The zero-order valence-electron chi connectivity index (χ0n) is 19.4. The number of hydrogen-bond donors (Lipinski definition) is 3. The molecule has 0 saturated heterocycles. The number of rotatable bonds is 5. The van der Waals surface area contributed by atoms with Crippen molar-refractivity contribution in [2.75, 3.05) is 38.5 Å². The molecule has 0 aromatic carbocycles. The van der Waals surface area contributed by atoms with E-state index in [0.29, 0.717) is 18.1 Å². The van der Waals surface area contributed by atoms with Crippen LogP contribution in [-0.2, 0) is 9.47 Å². The smallest absolute Gasteiger partial charge is 0.442 e. The van der Waals surface area contributed by atoms with E-state index in [1.165, 1.54) is 26.6 Å². The van der Waals surface area contributed by atoms with Gasteiger partial charge in [0.05, 0.1) is 45.0 Å². The minimum absolute atomic E-state index is 0.0153. The van der Waals surface area contributed by atoms with Gasteiger partial charge in [0, 0.05) is 0 Å². The number of carbonyl (C=O) groups excluding carboxylic acids is 2. The Bertz CT molecular complexity index is 1080. The molecule has 36 heavy (non-hydrogen) atoms. The lowest BCUT2D eigenvalue weighted by molar-refractivity contribution is 0.158. The summed E-state index contributed by atoms with van der Waals surface area (Å²) in [5.41, 5.74) is 5.37. The maximum atomic E-state index is 11.1. The molecule has 0 bridgehead atoms. The van der Waals surface area contributed by atoms with Gasteiger partial charge in [-0.25, -0.2) is 19.6 Å². The molecule has 18 heteroatoms. The first-order valence-corrected chi connectivity index (χ1v) is 11.1. The molecule has 0 radical (unpaired) electrons. The number of carbonyl (C=O) groups is 2. The summed E-state index contributed by atoms with van der Waals surface area (Å²) in [6, 6.07) is 0. The molecule has 0 aliphatic heterocycles. The van der Waals surface area contributed by atoms with Crippen molar-refractivity contribution in [2.24, 2.45) is 4.99 Å². The number of methoxy groups -OCH3 is 2. The van der Waals surface area contributed by atoms with Gasteiger partial charge >= 0.3 is 12.2 Å². The summed E-state index contributed by atoms with van der Waals surface area (Å²) in [5.74, 6) is 1.28. The number of isothiocyanates is 1. The van der Waals surface area contributed by atoms with Gasteiger partial charge in [-0.15, -0.1) is 4.99 Å². The minimum Gasteiger partial charge on any atom is -0.491 e. The number of nitrogens with zero attached hydrogens (tertiary/aromatic N) is 5. The number of thiocarbonyl (C=S) groups is 2. The molecule has 196 valence electrons. The molecule has 0 aliphatic rings. The molecular formula is C18H22Cl2N8O6S2. The lowest BCUT2D eigenvalue weighted by atomic mass is 10.5. The van der Waals surface area contributed by atoms with E-state index in [1.54, 1.807) is 13.8 Å². The van der Waals surface area contributed by atoms with Crippen molar-refractivity contribution in [3.63, 3.8) is 0 Å². The van der Waals surface area contributed by atoms with Crippen LogP contribution in [0.4, 0.5) is 21.2 Å². The van der Waals surface area contributed by atoms with Crippen LogP contribution >= 0.6 is 47.6 Å². The fourth-order valence-corrected chi connectivity index (χ4v) is 2.23. The number of ether oxygens (including phenoxy) is 4. The second-order valence-electron chi connectivity index (χ2n) is 5.35. The highest BCUT2D eigenvalue weighted by Crippen LogP contribution is 2.21. The molecule has 2 amide bonds. The Labute approximate surface area is 226 Å². The minimum atomic E-state index is -0.678. The first-order valence-electron chi connectivity index (χ1n) is 9.49. The van der Waals surface area contributed by atoms with E-state index in [-0.39, 0.29) is 33.9 Å². The summed E-state index contributed by atoms with van der Waals surface area (Å²) < 4.78 is 18.8. The summed E-state index contributed by atoms with van der Waals surface area (Å²) in [6.07, 6.45) is 1.46. The number of nitrogens with one attached hydrogen (secondary N) is 2. The Morgan fingerprint density at radius 3 is 2.11 bits per heavy atom. The van der Waals surface area contributed by atoms with Crippen molar-refractivity contribution in [2.45, 2.75) is 13.8 Å². The predicted octanol–water partition coefficient (Wildman–Crippen LogP) is 3.55. The van der Waals surface area contributed by atoms with Gasteiger partial charge in [-0.1, -0.05) is 0 Å². The quantitative estimate of drug-likeness (QED) is 0.264. The van der Waals surface area contributed by atoms with Crippen molar-refractivity contribution >= 4 is 81.7 Å².